The van der Waals surface area contributed by atoms with E-state index in [0.717, 1.165) is 6.54 Å². The van der Waals surface area contributed by atoms with Gasteiger partial charge in [0.25, 0.3) is 0 Å². The zero-order valence-corrected chi connectivity index (χ0v) is 10.4. The number of hydrogen-bond donors (Lipinski definition) is 1. The van der Waals surface area contributed by atoms with Crippen LogP contribution in [0.2, 0.25) is 0 Å². The summed E-state index contributed by atoms with van der Waals surface area (Å²) in [5.74, 6) is 0. The molecule has 88 valence electrons. The SMILES string of the molecule is CCNC(C)C(C)=Cc1cncn1C1CC1. The molecule has 0 aliphatic heterocycles. The van der Waals surface area contributed by atoms with Gasteiger partial charge in [-0.15, -0.1) is 0 Å². The van der Waals surface area contributed by atoms with E-state index in [9.17, 15) is 0 Å². The summed E-state index contributed by atoms with van der Waals surface area (Å²) in [5, 5.41) is 3.42. The maximum absolute atomic E-state index is 4.24. The number of imidazole rings is 1. The summed E-state index contributed by atoms with van der Waals surface area (Å²) < 4.78 is 2.29. The summed E-state index contributed by atoms with van der Waals surface area (Å²) >= 11 is 0. The van der Waals surface area contributed by atoms with Crippen LogP contribution in [0.25, 0.3) is 6.08 Å². The van der Waals surface area contributed by atoms with E-state index in [-0.39, 0.29) is 0 Å². The molecular weight excluding hydrogens is 198 g/mol. The molecule has 1 aliphatic carbocycles. The van der Waals surface area contributed by atoms with Crippen LogP contribution < -0.4 is 5.32 Å². The maximum atomic E-state index is 4.24. The molecule has 0 spiro atoms. The predicted molar refractivity (Wildman–Crippen MR) is 67.3 cm³/mol. The van der Waals surface area contributed by atoms with Crippen LogP contribution in [0.5, 0.6) is 0 Å². The van der Waals surface area contributed by atoms with Gasteiger partial charge in [-0.3, -0.25) is 0 Å². The monoisotopic (exact) mass is 219 g/mol. The molecule has 0 bridgehead atoms. The minimum Gasteiger partial charge on any atom is -0.328 e. The molecule has 0 radical (unpaired) electrons. The minimum atomic E-state index is 0.438. The van der Waals surface area contributed by atoms with Crippen molar-refractivity contribution in [1.29, 1.82) is 0 Å². The van der Waals surface area contributed by atoms with Crippen molar-refractivity contribution in [2.75, 3.05) is 6.54 Å². The van der Waals surface area contributed by atoms with E-state index in [1.807, 2.05) is 12.5 Å². The van der Waals surface area contributed by atoms with Crippen molar-refractivity contribution in [3.8, 4) is 0 Å². The topological polar surface area (TPSA) is 29.9 Å². The van der Waals surface area contributed by atoms with Crippen molar-refractivity contribution < 1.29 is 0 Å². The quantitative estimate of drug-likeness (QED) is 0.825. The van der Waals surface area contributed by atoms with Gasteiger partial charge in [-0.1, -0.05) is 12.5 Å². The summed E-state index contributed by atoms with van der Waals surface area (Å²) in [6.07, 6.45) is 8.77. The average molecular weight is 219 g/mol. The Balaban J connectivity index is 2.11. The van der Waals surface area contributed by atoms with Crippen molar-refractivity contribution in [1.82, 2.24) is 14.9 Å². The summed E-state index contributed by atoms with van der Waals surface area (Å²) in [4.78, 5) is 4.24. The highest BCUT2D eigenvalue weighted by atomic mass is 15.1. The molecule has 1 saturated carbocycles. The first-order chi connectivity index (χ1) is 7.72. The summed E-state index contributed by atoms with van der Waals surface area (Å²) in [6.45, 7) is 7.52. The lowest BCUT2D eigenvalue weighted by atomic mass is 10.1. The highest BCUT2D eigenvalue weighted by Gasteiger charge is 2.24. The number of nitrogens with zero attached hydrogens (tertiary/aromatic N) is 2. The second kappa shape index (κ2) is 4.83. The molecule has 1 unspecified atom stereocenters. The van der Waals surface area contributed by atoms with Crippen LogP contribution >= 0.6 is 0 Å². The molecule has 1 aromatic rings. The first-order valence-corrected chi connectivity index (χ1v) is 6.15. The molecule has 3 heteroatoms. The molecule has 1 aromatic heterocycles. The highest BCUT2D eigenvalue weighted by molar-refractivity contribution is 5.49. The Bertz CT molecular complexity index is 374. The summed E-state index contributed by atoms with van der Waals surface area (Å²) in [7, 11) is 0. The first kappa shape index (κ1) is 11.4. The van der Waals surface area contributed by atoms with Crippen LogP contribution in [0.15, 0.2) is 18.1 Å². The second-order valence-corrected chi connectivity index (χ2v) is 4.62. The largest absolute Gasteiger partial charge is 0.328 e. The van der Waals surface area contributed by atoms with Gasteiger partial charge in [0, 0.05) is 12.1 Å². The van der Waals surface area contributed by atoms with Gasteiger partial charge < -0.3 is 9.88 Å². The van der Waals surface area contributed by atoms with Crippen LogP contribution in [0, 0.1) is 0 Å². The molecule has 1 fully saturated rings. The van der Waals surface area contributed by atoms with E-state index >= 15 is 0 Å². The average Bonchev–Trinajstić information content (AvgIpc) is 3.00. The maximum Gasteiger partial charge on any atom is 0.0953 e. The normalized spacial score (nSPS) is 18.8. The molecule has 1 atom stereocenters. The fraction of sp³-hybridized carbons (Fsp3) is 0.615. The smallest absolute Gasteiger partial charge is 0.0953 e. The van der Waals surface area contributed by atoms with Gasteiger partial charge in [0.05, 0.1) is 18.2 Å². The van der Waals surface area contributed by atoms with Crippen molar-refractivity contribution in [3.05, 3.63) is 23.8 Å². The Morgan fingerprint density at radius 2 is 2.44 bits per heavy atom. The standard InChI is InChI=1S/C13H21N3/c1-4-15-11(3)10(2)7-13-8-14-9-16(13)12-5-6-12/h7-9,11-12,15H,4-6H2,1-3H3. The second-order valence-electron chi connectivity index (χ2n) is 4.62. The Morgan fingerprint density at radius 1 is 1.69 bits per heavy atom. The van der Waals surface area contributed by atoms with Crippen molar-refractivity contribution in [2.45, 2.75) is 45.7 Å². The first-order valence-electron chi connectivity index (χ1n) is 6.15. The van der Waals surface area contributed by atoms with Gasteiger partial charge in [0.15, 0.2) is 0 Å². The van der Waals surface area contributed by atoms with Gasteiger partial charge >= 0.3 is 0 Å². The number of hydrogen-bond acceptors (Lipinski definition) is 2. The molecule has 3 nitrogen and oxygen atoms in total. The molecular formula is C13H21N3. The van der Waals surface area contributed by atoms with E-state index in [1.165, 1.54) is 24.1 Å². The van der Waals surface area contributed by atoms with Crippen LogP contribution in [0.4, 0.5) is 0 Å². The van der Waals surface area contributed by atoms with Crippen molar-refractivity contribution >= 4 is 6.08 Å². The van der Waals surface area contributed by atoms with E-state index in [4.69, 9.17) is 0 Å². The third-order valence-electron chi connectivity index (χ3n) is 3.21. The highest BCUT2D eigenvalue weighted by Crippen LogP contribution is 2.36. The lowest BCUT2D eigenvalue weighted by molar-refractivity contribution is 0.635. The van der Waals surface area contributed by atoms with E-state index in [0.29, 0.717) is 12.1 Å². The zero-order chi connectivity index (χ0) is 11.5. The van der Waals surface area contributed by atoms with Gasteiger partial charge in [0.2, 0.25) is 0 Å². The Morgan fingerprint density at radius 3 is 3.06 bits per heavy atom. The third kappa shape index (κ3) is 2.53. The Kier molecular flexibility index (Phi) is 3.44. The van der Waals surface area contributed by atoms with Gasteiger partial charge in [-0.25, -0.2) is 4.98 Å². The fourth-order valence-corrected chi connectivity index (χ4v) is 1.91. The number of likely N-dealkylation sites (N-methyl/N-ethyl adjacent to an activating group) is 1. The molecule has 2 rings (SSSR count). The van der Waals surface area contributed by atoms with Crippen LogP contribution in [0.1, 0.15) is 45.3 Å². The lowest BCUT2D eigenvalue weighted by Gasteiger charge is -2.13. The fourth-order valence-electron chi connectivity index (χ4n) is 1.91. The van der Waals surface area contributed by atoms with E-state index in [1.54, 1.807) is 0 Å². The summed E-state index contributed by atoms with van der Waals surface area (Å²) in [6, 6.07) is 1.14. The molecule has 16 heavy (non-hydrogen) atoms. The van der Waals surface area contributed by atoms with Gasteiger partial charge in [-0.05, 0) is 39.3 Å². The predicted octanol–water partition coefficient (Wildman–Crippen LogP) is 2.62. The van der Waals surface area contributed by atoms with Crippen LogP contribution in [-0.4, -0.2) is 22.1 Å². The van der Waals surface area contributed by atoms with E-state index < -0.39 is 0 Å². The van der Waals surface area contributed by atoms with E-state index in [2.05, 4.69) is 41.7 Å². The van der Waals surface area contributed by atoms with Crippen LogP contribution in [0.3, 0.4) is 0 Å². The lowest BCUT2D eigenvalue weighted by Crippen LogP contribution is -2.26. The third-order valence-corrected chi connectivity index (χ3v) is 3.21. The minimum absolute atomic E-state index is 0.438. The molecule has 0 aromatic carbocycles. The molecule has 0 amide bonds. The van der Waals surface area contributed by atoms with Gasteiger partial charge in [0.1, 0.15) is 0 Å². The zero-order valence-electron chi connectivity index (χ0n) is 10.4. The number of nitrogens with one attached hydrogen (secondary N) is 1. The summed E-state index contributed by atoms with van der Waals surface area (Å²) in [5.41, 5.74) is 2.61. The molecule has 1 aliphatic rings. The van der Waals surface area contributed by atoms with Crippen LogP contribution in [-0.2, 0) is 0 Å². The van der Waals surface area contributed by atoms with Crippen molar-refractivity contribution in [3.63, 3.8) is 0 Å². The van der Waals surface area contributed by atoms with Gasteiger partial charge in [-0.2, -0.15) is 0 Å². The van der Waals surface area contributed by atoms with Crippen molar-refractivity contribution in [2.24, 2.45) is 0 Å². The molecule has 1 heterocycles. The Hall–Kier alpha value is -1.09. The molecule has 1 N–H and O–H groups in total. The Labute approximate surface area is 97.6 Å². The molecule has 0 saturated heterocycles. The number of rotatable bonds is 5. The number of aromatic nitrogens is 2.